The maximum atomic E-state index is 11.6. The first-order valence-corrected chi connectivity index (χ1v) is 7.27. The van der Waals surface area contributed by atoms with Crippen molar-refractivity contribution in [3.63, 3.8) is 0 Å². The Morgan fingerprint density at radius 3 is 2.46 bits per heavy atom. The number of nitrogens with one attached hydrogen (secondary N) is 1. The van der Waals surface area contributed by atoms with Gasteiger partial charge in [-0.15, -0.1) is 0 Å². The molecule has 6 heteroatoms. The van der Waals surface area contributed by atoms with Gasteiger partial charge in [-0.05, 0) is 17.7 Å². The van der Waals surface area contributed by atoms with Gasteiger partial charge in [0.1, 0.15) is 11.8 Å². The van der Waals surface area contributed by atoms with Gasteiger partial charge in [-0.3, -0.25) is 4.79 Å². The highest BCUT2D eigenvalue weighted by Crippen LogP contribution is 2.16. The average Bonchev–Trinajstić information content (AvgIpc) is 2.64. The number of ether oxygens (including phenoxy) is 2. The Hall–Kier alpha value is -3.33. The number of rotatable bonds is 7. The Bertz CT molecular complexity index is 738. The third-order valence-corrected chi connectivity index (χ3v) is 3.05. The molecule has 0 aromatic heterocycles. The molecule has 0 bridgehead atoms. The Morgan fingerprint density at radius 1 is 1.00 bits per heavy atom. The van der Waals surface area contributed by atoms with Crippen LogP contribution in [0.1, 0.15) is 11.1 Å². The van der Waals surface area contributed by atoms with E-state index in [1.807, 2.05) is 36.4 Å². The molecule has 2 rings (SSSR count). The fourth-order valence-electron chi connectivity index (χ4n) is 1.86. The van der Waals surface area contributed by atoms with Crippen LogP contribution in [0.5, 0.6) is 5.75 Å². The zero-order valence-electron chi connectivity index (χ0n) is 12.9. The summed E-state index contributed by atoms with van der Waals surface area (Å²) in [5, 5.41) is 11.6. The first-order chi connectivity index (χ1) is 11.7. The van der Waals surface area contributed by atoms with Crippen molar-refractivity contribution in [2.45, 2.75) is 6.54 Å². The lowest BCUT2D eigenvalue weighted by Crippen LogP contribution is -2.29. The smallest absolute Gasteiger partial charge is 0.344 e. The van der Waals surface area contributed by atoms with Crippen molar-refractivity contribution in [1.82, 2.24) is 5.32 Å². The predicted octanol–water partition coefficient (Wildman–Crippen LogP) is 1.80. The summed E-state index contributed by atoms with van der Waals surface area (Å²) in [7, 11) is 0. The van der Waals surface area contributed by atoms with E-state index in [9.17, 15) is 9.59 Å². The number of carbonyl (C=O) groups excluding carboxylic acids is 2. The molecule has 0 aliphatic heterocycles. The molecule has 6 nitrogen and oxygen atoms in total. The van der Waals surface area contributed by atoms with Gasteiger partial charge in [0.15, 0.2) is 13.2 Å². The van der Waals surface area contributed by atoms with E-state index >= 15 is 0 Å². The summed E-state index contributed by atoms with van der Waals surface area (Å²) < 4.78 is 10.1. The summed E-state index contributed by atoms with van der Waals surface area (Å²) in [5.74, 6) is -0.785. The highest BCUT2D eigenvalue weighted by Gasteiger charge is 2.10. The van der Waals surface area contributed by atoms with Crippen LogP contribution in [0.15, 0.2) is 54.6 Å². The second-order valence-corrected chi connectivity index (χ2v) is 4.82. The zero-order chi connectivity index (χ0) is 17.2. The molecule has 2 aromatic rings. The molecule has 0 atom stereocenters. The lowest BCUT2D eigenvalue weighted by Gasteiger charge is -2.08. The Balaban J connectivity index is 1.69. The van der Waals surface area contributed by atoms with Crippen molar-refractivity contribution in [1.29, 1.82) is 5.26 Å². The Labute approximate surface area is 139 Å². The minimum atomic E-state index is -0.683. The first kappa shape index (κ1) is 17.0. The maximum Gasteiger partial charge on any atom is 0.344 e. The number of nitriles is 1. The molecule has 0 radical (unpaired) electrons. The largest absolute Gasteiger partial charge is 0.481 e. The second-order valence-electron chi connectivity index (χ2n) is 4.82. The molecule has 0 aliphatic rings. The Kier molecular flexibility index (Phi) is 6.35. The minimum Gasteiger partial charge on any atom is -0.481 e. The minimum absolute atomic E-state index is 0.297. The topological polar surface area (TPSA) is 88.4 Å². The lowest BCUT2D eigenvalue weighted by atomic mass is 10.2. The van der Waals surface area contributed by atoms with Crippen molar-refractivity contribution >= 4 is 11.9 Å². The lowest BCUT2D eigenvalue weighted by molar-refractivity contribution is -0.150. The van der Waals surface area contributed by atoms with Gasteiger partial charge in [0.25, 0.3) is 5.91 Å². The normalized spacial score (nSPS) is 9.62. The summed E-state index contributed by atoms with van der Waals surface area (Å²) in [5.41, 5.74) is 1.28. The summed E-state index contributed by atoms with van der Waals surface area (Å²) >= 11 is 0. The number of hydrogen-bond donors (Lipinski definition) is 1. The van der Waals surface area contributed by atoms with Gasteiger partial charge in [0, 0.05) is 6.54 Å². The fourth-order valence-corrected chi connectivity index (χ4v) is 1.86. The third kappa shape index (κ3) is 5.46. The first-order valence-electron chi connectivity index (χ1n) is 7.27. The number of para-hydroxylation sites is 1. The number of carbonyl (C=O) groups is 2. The van der Waals surface area contributed by atoms with Gasteiger partial charge in [-0.25, -0.2) is 4.79 Å². The molecule has 0 fully saturated rings. The number of esters is 1. The van der Waals surface area contributed by atoms with Crippen LogP contribution >= 0.6 is 0 Å². The van der Waals surface area contributed by atoms with E-state index in [4.69, 9.17) is 14.7 Å². The second kappa shape index (κ2) is 8.96. The fraction of sp³-hybridized carbons (Fsp3) is 0.167. The third-order valence-electron chi connectivity index (χ3n) is 3.05. The molecule has 0 saturated carbocycles. The van der Waals surface area contributed by atoms with Crippen LogP contribution in [0.4, 0.5) is 0 Å². The van der Waals surface area contributed by atoms with Crippen molar-refractivity contribution in [2.24, 2.45) is 0 Å². The summed E-state index contributed by atoms with van der Waals surface area (Å²) in [6, 6.07) is 17.9. The maximum absolute atomic E-state index is 11.6. The number of amides is 1. The van der Waals surface area contributed by atoms with Crippen LogP contribution < -0.4 is 10.1 Å². The summed E-state index contributed by atoms with van der Waals surface area (Å²) in [6.45, 7) is -0.386. The molecule has 0 spiro atoms. The van der Waals surface area contributed by atoms with Crippen LogP contribution in [0.2, 0.25) is 0 Å². The van der Waals surface area contributed by atoms with Crippen molar-refractivity contribution in [3.8, 4) is 11.8 Å². The predicted molar refractivity (Wildman–Crippen MR) is 85.9 cm³/mol. The van der Waals surface area contributed by atoms with E-state index in [2.05, 4.69) is 5.32 Å². The van der Waals surface area contributed by atoms with E-state index in [1.54, 1.807) is 24.3 Å². The van der Waals surface area contributed by atoms with Crippen LogP contribution in [0, 0.1) is 11.3 Å². The molecule has 2 aromatic carbocycles. The van der Waals surface area contributed by atoms with Crippen LogP contribution in [-0.2, 0) is 20.9 Å². The average molecular weight is 324 g/mol. The molecular formula is C18H16N2O4. The SMILES string of the molecule is N#Cc1ccccc1OCC(=O)OCC(=O)NCc1ccccc1. The molecule has 0 heterocycles. The van der Waals surface area contributed by atoms with E-state index < -0.39 is 11.9 Å². The molecule has 0 aliphatic carbocycles. The molecule has 1 N–H and O–H groups in total. The van der Waals surface area contributed by atoms with E-state index in [-0.39, 0.29) is 13.2 Å². The molecular weight excluding hydrogens is 308 g/mol. The van der Waals surface area contributed by atoms with Crippen molar-refractivity contribution in [3.05, 3.63) is 65.7 Å². The highest BCUT2D eigenvalue weighted by atomic mass is 16.6. The van der Waals surface area contributed by atoms with Crippen molar-refractivity contribution in [2.75, 3.05) is 13.2 Å². The van der Waals surface area contributed by atoms with E-state index in [0.717, 1.165) is 5.56 Å². The molecule has 1 amide bonds. The number of benzene rings is 2. The standard InChI is InChI=1S/C18H16N2O4/c19-10-15-8-4-5-9-16(15)23-13-18(22)24-12-17(21)20-11-14-6-2-1-3-7-14/h1-9H,11-13H2,(H,20,21). The molecule has 24 heavy (non-hydrogen) atoms. The van der Waals surface area contributed by atoms with Crippen molar-refractivity contribution < 1.29 is 19.1 Å². The molecule has 0 unspecified atom stereocenters. The van der Waals surface area contributed by atoms with Gasteiger partial charge in [0.05, 0.1) is 5.56 Å². The monoisotopic (exact) mass is 324 g/mol. The number of nitrogens with zero attached hydrogens (tertiary/aromatic N) is 1. The van der Waals surface area contributed by atoms with Gasteiger partial charge < -0.3 is 14.8 Å². The summed E-state index contributed by atoms with van der Waals surface area (Å²) in [6.07, 6.45) is 0. The zero-order valence-corrected chi connectivity index (χ0v) is 12.9. The molecule has 0 saturated heterocycles. The number of hydrogen-bond acceptors (Lipinski definition) is 5. The molecule has 122 valence electrons. The van der Waals surface area contributed by atoms with Gasteiger partial charge >= 0.3 is 5.97 Å². The van der Waals surface area contributed by atoms with E-state index in [1.165, 1.54) is 0 Å². The quantitative estimate of drug-likeness (QED) is 0.785. The van der Waals surface area contributed by atoms with Crippen LogP contribution in [-0.4, -0.2) is 25.1 Å². The highest BCUT2D eigenvalue weighted by molar-refractivity contribution is 5.80. The summed E-state index contributed by atoms with van der Waals surface area (Å²) in [4.78, 5) is 23.2. The van der Waals surface area contributed by atoms with Gasteiger partial charge in [-0.2, -0.15) is 5.26 Å². The van der Waals surface area contributed by atoms with E-state index in [0.29, 0.717) is 17.9 Å². The van der Waals surface area contributed by atoms with Crippen LogP contribution in [0.25, 0.3) is 0 Å². The van der Waals surface area contributed by atoms with Gasteiger partial charge in [0.2, 0.25) is 0 Å². The Morgan fingerprint density at radius 2 is 1.71 bits per heavy atom. The van der Waals surface area contributed by atoms with Gasteiger partial charge in [-0.1, -0.05) is 42.5 Å². The van der Waals surface area contributed by atoms with Crippen LogP contribution in [0.3, 0.4) is 0 Å².